The van der Waals surface area contributed by atoms with E-state index < -0.39 is 28.5 Å². The van der Waals surface area contributed by atoms with Crippen molar-refractivity contribution < 1.29 is 22.7 Å². The van der Waals surface area contributed by atoms with Gasteiger partial charge in [-0.2, -0.15) is 0 Å². The average Bonchev–Trinajstić information content (AvgIpc) is 3.48. The Bertz CT molecular complexity index is 1460. The van der Waals surface area contributed by atoms with Gasteiger partial charge in [0.15, 0.2) is 0 Å². The summed E-state index contributed by atoms with van der Waals surface area (Å²) in [5.41, 5.74) is 1.71. The Morgan fingerprint density at radius 1 is 1.02 bits per heavy atom. The number of methoxy groups -OCH3 is 1. The molecule has 1 aliphatic carbocycles. The number of rotatable bonds is 11. The van der Waals surface area contributed by atoms with Crippen LogP contribution in [0.25, 0.3) is 0 Å². The summed E-state index contributed by atoms with van der Waals surface area (Å²) in [6.45, 7) is 3.03. The number of halogens is 1. The molecule has 0 saturated heterocycles. The van der Waals surface area contributed by atoms with Gasteiger partial charge in [0, 0.05) is 17.6 Å². The molecule has 1 saturated carbocycles. The van der Waals surface area contributed by atoms with E-state index in [4.69, 9.17) is 16.3 Å². The number of hydrogen-bond acceptors (Lipinski definition) is 5. The number of hydrogen-bond donors (Lipinski definition) is 1. The van der Waals surface area contributed by atoms with Gasteiger partial charge in [-0.1, -0.05) is 54.8 Å². The van der Waals surface area contributed by atoms with Crippen LogP contribution in [0.2, 0.25) is 5.02 Å². The van der Waals surface area contributed by atoms with Gasteiger partial charge < -0.3 is 15.0 Å². The van der Waals surface area contributed by atoms with Gasteiger partial charge in [-0.15, -0.1) is 0 Å². The fourth-order valence-electron chi connectivity index (χ4n) is 5.03. The van der Waals surface area contributed by atoms with Gasteiger partial charge in [-0.05, 0) is 80.3 Å². The van der Waals surface area contributed by atoms with Crippen LogP contribution in [0.3, 0.4) is 0 Å². The van der Waals surface area contributed by atoms with E-state index in [1.165, 1.54) is 17.0 Å². The highest BCUT2D eigenvalue weighted by Gasteiger charge is 2.33. The van der Waals surface area contributed by atoms with E-state index in [9.17, 15) is 18.0 Å². The molecule has 3 aromatic rings. The van der Waals surface area contributed by atoms with Gasteiger partial charge in [-0.3, -0.25) is 13.9 Å². The van der Waals surface area contributed by atoms with Gasteiger partial charge in [0.25, 0.3) is 10.0 Å². The molecular formula is C31H36ClN3O5S. The van der Waals surface area contributed by atoms with E-state index in [0.717, 1.165) is 35.6 Å². The second-order valence-electron chi connectivity index (χ2n) is 10.3. The number of aryl methyl sites for hydroxylation is 1. The maximum Gasteiger partial charge on any atom is 0.264 e. The van der Waals surface area contributed by atoms with Crippen LogP contribution in [-0.2, 0) is 26.2 Å². The summed E-state index contributed by atoms with van der Waals surface area (Å²) in [5, 5.41) is 3.53. The molecule has 1 aliphatic rings. The molecule has 1 unspecified atom stereocenters. The Morgan fingerprint density at radius 2 is 1.68 bits per heavy atom. The number of amides is 2. The number of anilines is 1. The number of carbonyl (C=O) groups excluding carboxylic acids is 2. The van der Waals surface area contributed by atoms with Crippen LogP contribution in [0.4, 0.5) is 5.69 Å². The van der Waals surface area contributed by atoms with E-state index in [-0.39, 0.29) is 23.4 Å². The summed E-state index contributed by atoms with van der Waals surface area (Å²) in [6, 6.07) is 19.3. The van der Waals surface area contributed by atoms with Crippen molar-refractivity contribution in [3.05, 3.63) is 88.9 Å². The van der Waals surface area contributed by atoms with Crippen molar-refractivity contribution in [2.45, 2.75) is 63.1 Å². The van der Waals surface area contributed by atoms with Crippen molar-refractivity contribution in [1.82, 2.24) is 10.2 Å². The van der Waals surface area contributed by atoms with Crippen LogP contribution in [0.1, 0.15) is 43.7 Å². The summed E-state index contributed by atoms with van der Waals surface area (Å²) in [5.74, 6) is -0.111. The standard InChI is InChI=1S/C31H36ClN3O5S/c1-22-19-25(32)15-18-29(22)35(41(38,39)28-11-5-4-6-12-28)21-30(36)34(20-24-13-16-27(40-3)17-14-24)23(2)31(37)33-26-9-7-8-10-26/h4-6,11-19,23,26H,7-10,20-21H2,1-3H3,(H,33,37). The molecule has 0 aliphatic heterocycles. The minimum atomic E-state index is -4.14. The third-order valence-electron chi connectivity index (χ3n) is 7.42. The summed E-state index contributed by atoms with van der Waals surface area (Å²) >= 11 is 6.17. The normalized spacial score (nSPS) is 14.3. The van der Waals surface area contributed by atoms with Gasteiger partial charge in [0.05, 0.1) is 17.7 Å². The Labute approximate surface area is 247 Å². The quantitative estimate of drug-likeness (QED) is 0.322. The van der Waals surface area contributed by atoms with Crippen molar-refractivity contribution >= 4 is 39.1 Å². The summed E-state index contributed by atoms with van der Waals surface area (Å²) in [4.78, 5) is 28.9. The molecule has 3 aromatic carbocycles. The second kappa shape index (κ2) is 13.4. The zero-order valence-corrected chi connectivity index (χ0v) is 25.1. The first-order valence-corrected chi connectivity index (χ1v) is 15.5. The van der Waals surface area contributed by atoms with Crippen molar-refractivity contribution in [1.29, 1.82) is 0 Å². The molecule has 0 heterocycles. The molecule has 0 aromatic heterocycles. The van der Waals surface area contributed by atoms with Crippen LogP contribution < -0.4 is 14.4 Å². The summed E-state index contributed by atoms with van der Waals surface area (Å²) in [6.07, 6.45) is 3.93. The molecule has 41 heavy (non-hydrogen) atoms. The zero-order chi connectivity index (χ0) is 29.6. The average molecular weight is 598 g/mol. The van der Waals surface area contributed by atoms with Crippen molar-refractivity contribution in [2.24, 2.45) is 0 Å². The Hall–Kier alpha value is -3.56. The highest BCUT2D eigenvalue weighted by molar-refractivity contribution is 7.92. The SMILES string of the molecule is COc1ccc(CN(C(=O)CN(c2ccc(Cl)cc2C)S(=O)(=O)c2ccccc2)C(C)C(=O)NC2CCCC2)cc1. The number of nitrogens with zero attached hydrogens (tertiary/aromatic N) is 2. The smallest absolute Gasteiger partial charge is 0.264 e. The van der Waals surface area contributed by atoms with E-state index >= 15 is 0 Å². The van der Waals surface area contributed by atoms with Gasteiger partial charge in [0.1, 0.15) is 18.3 Å². The minimum Gasteiger partial charge on any atom is -0.497 e. The van der Waals surface area contributed by atoms with Crippen LogP contribution in [0.15, 0.2) is 77.7 Å². The summed E-state index contributed by atoms with van der Waals surface area (Å²) in [7, 11) is -2.57. The lowest BCUT2D eigenvalue weighted by Crippen LogP contribution is -2.52. The lowest BCUT2D eigenvalue weighted by Gasteiger charge is -2.33. The zero-order valence-electron chi connectivity index (χ0n) is 23.5. The van der Waals surface area contributed by atoms with Crippen molar-refractivity contribution in [2.75, 3.05) is 18.0 Å². The molecule has 0 radical (unpaired) electrons. The monoisotopic (exact) mass is 597 g/mol. The first-order chi connectivity index (χ1) is 19.6. The van der Waals surface area contributed by atoms with Crippen LogP contribution in [0.5, 0.6) is 5.75 Å². The predicted molar refractivity (Wildman–Crippen MR) is 161 cm³/mol. The molecule has 1 fully saturated rings. The number of ether oxygens (including phenoxy) is 1. The predicted octanol–water partition coefficient (Wildman–Crippen LogP) is 5.33. The third kappa shape index (κ3) is 7.40. The molecular weight excluding hydrogens is 562 g/mol. The van der Waals surface area contributed by atoms with E-state index in [0.29, 0.717) is 22.0 Å². The van der Waals surface area contributed by atoms with Crippen LogP contribution in [0, 0.1) is 6.92 Å². The van der Waals surface area contributed by atoms with Crippen LogP contribution >= 0.6 is 11.6 Å². The lowest BCUT2D eigenvalue weighted by atomic mass is 10.1. The highest BCUT2D eigenvalue weighted by atomic mass is 35.5. The summed E-state index contributed by atoms with van der Waals surface area (Å²) < 4.78 is 34.2. The number of carbonyl (C=O) groups is 2. The first kappa shape index (κ1) is 30.4. The molecule has 218 valence electrons. The van der Waals surface area contributed by atoms with E-state index in [2.05, 4.69) is 5.32 Å². The van der Waals surface area contributed by atoms with Crippen molar-refractivity contribution in [3.8, 4) is 5.75 Å². The largest absolute Gasteiger partial charge is 0.497 e. The number of sulfonamides is 1. The van der Waals surface area contributed by atoms with E-state index in [1.54, 1.807) is 69.5 Å². The molecule has 0 spiro atoms. The highest BCUT2D eigenvalue weighted by Crippen LogP contribution is 2.29. The Balaban J connectivity index is 1.69. The second-order valence-corrected chi connectivity index (χ2v) is 12.6. The Morgan fingerprint density at radius 3 is 2.29 bits per heavy atom. The molecule has 10 heteroatoms. The van der Waals surface area contributed by atoms with Gasteiger partial charge in [-0.25, -0.2) is 8.42 Å². The molecule has 1 atom stereocenters. The molecule has 0 bridgehead atoms. The fourth-order valence-corrected chi connectivity index (χ4v) is 6.76. The first-order valence-electron chi connectivity index (χ1n) is 13.7. The fraction of sp³-hybridized carbons (Fsp3) is 0.355. The molecule has 4 rings (SSSR count). The number of nitrogens with one attached hydrogen (secondary N) is 1. The maximum absolute atomic E-state index is 14.1. The topological polar surface area (TPSA) is 96.0 Å². The van der Waals surface area contributed by atoms with Gasteiger partial charge in [0.2, 0.25) is 11.8 Å². The van der Waals surface area contributed by atoms with Gasteiger partial charge >= 0.3 is 0 Å². The minimum absolute atomic E-state index is 0.0517. The lowest BCUT2D eigenvalue weighted by molar-refractivity contribution is -0.139. The molecule has 1 N–H and O–H groups in total. The third-order valence-corrected chi connectivity index (χ3v) is 9.43. The molecule has 8 nitrogen and oxygen atoms in total. The van der Waals surface area contributed by atoms with Crippen LogP contribution in [-0.4, -0.2) is 50.9 Å². The van der Waals surface area contributed by atoms with Crippen molar-refractivity contribution in [3.63, 3.8) is 0 Å². The number of benzene rings is 3. The van der Waals surface area contributed by atoms with E-state index in [1.807, 2.05) is 12.1 Å². The maximum atomic E-state index is 14.1. The Kier molecular flexibility index (Phi) is 9.94. The molecule has 2 amide bonds.